The molecule has 0 aliphatic heterocycles. The van der Waals surface area contributed by atoms with Crippen LogP contribution in [-0.2, 0) is 4.74 Å². The zero-order valence-corrected chi connectivity index (χ0v) is 7.46. The van der Waals surface area contributed by atoms with Crippen molar-refractivity contribution in [3.8, 4) is 0 Å². The van der Waals surface area contributed by atoms with Crippen LogP contribution in [0.25, 0.3) is 0 Å². The number of halogens is 2. The molecule has 0 saturated carbocycles. The van der Waals surface area contributed by atoms with Gasteiger partial charge < -0.3 is 4.74 Å². The topological polar surface area (TPSA) is 9.23 Å². The normalized spacial score (nSPS) is 18.0. The third-order valence-corrected chi connectivity index (χ3v) is 1.59. The Morgan fingerprint density at radius 3 is 2.11 bits per heavy atom. The molecule has 1 atom stereocenters. The Bertz CT molecular complexity index is 81.1. The Morgan fingerprint density at radius 1 is 1.56 bits per heavy atom. The first-order valence-corrected chi connectivity index (χ1v) is 3.82. The van der Waals surface area contributed by atoms with Crippen LogP contribution < -0.4 is 0 Å². The van der Waals surface area contributed by atoms with E-state index < -0.39 is 5.06 Å². The fourth-order valence-electron chi connectivity index (χ4n) is 0.523. The second kappa shape index (κ2) is 3.65. The van der Waals surface area contributed by atoms with Crippen LogP contribution in [0.4, 0.5) is 0 Å². The Kier molecular flexibility index (Phi) is 3.86. The number of rotatable bonds is 3. The molecule has 0 aromatic heterocycles. The van der Waals surface area contributed by atoms with E-state index in [2.05, 4.69) is 0 Å². The molecule has 3 heteroatoms. The van der Waals surface area contributed by atoms with Gasteiger partial charge >= 0.3 is 0 Å². The van der Waals surface area contributed by atoms with Crippen molar-refractivity contribution in [2.24, 2.45) is 0 Å². The zero-order chi connectivity index (χ0) is 7.49. The molecule has 0 bridgehead atoms. The third-order valence-electron chi connectivity index (χ3n) is 0.720. The summed E-state index contributed by atoms with van der Waals surface area (Å²) in [6, 6.07) is 0. The molecule has 0 N–H and O–H groups in total. The van der Waals surface area contributed by atoms with Gasteiger partial charge in [-0.05, 0) is 20.8 Å². The molecule has 0 spiro atoms. The molecule has 0 aromatic rings. The van der Waals surface area contributed by atoms with Gasteiger partial charge in [-0.2, -0.15) is 0 Å². The number of hydrogen-bond acceptors (Lipinski definition) is 1. The number of ether oxygens (including phenoxy) is 1. The lowest BCUT2D eigenvalue weighted by molar-refractivity contribution is 0.00316. The van der Waals surface area contributed by atoms with Crippen LogP contribution in [0.1, 0.15) is 20.8 Å². The molecule has 0 rings (SSSR count). The van der Waals surface area contributed by atoms with Crippen LogP contribution >= 0.6 is 23.2 Å². The third kappa shape index (κ3) is 5.01. The molecule has 0 aromatic carbocycles. The second-order valence-corrected chi connectivity index (χ2v) is 3.47. The van der Waals surface area contributed by atoms with Crippen LogP contribution in [0.5, 0.6) is 0 Å². The van der Waals surface area contributed by atoms with Crippen LogP contribution in [-0.4, -0.2) is 17.0 Å². The Morgan fingerprint density at radius 2 is 2.00 bits per heavy atom. The fraction of sp³-hybridized carbons (Fsp3) is 1.00. The second-order valence-electron chi connectivity index (χ2n) is 2.40. The first kappa shape index (κ1) is 9.54. The van der Waals surface area contributed by atoms with Crippen molar-refractivity contribution >= 4 is 23.2 Å². The maximum atomic E-state index is 5.76. The van der Waals surface area contributed by atoms with E-state index in [9.17, 15) is 0 Å². The Hall–Kier alpha value is 0.540. The highest BCUT2D eigenvalue weighted by atomic mass is 35.5. The number of alkyl halides is 2. The van der Waals surface area contributed by atoms with Gasteiger partial charge in [0.25, 0.3) is 0 Å². The van der Waals surface area contributed by atoms with Crippen LogP contribution in [0.3, 0.4) is 0 Å². The first-order valence-electron chi connectivity index (χ1n) is 2.90. The molecule has 9 heavy (non-hydrogen) atoms. The SMILES string of the molecule is CC(C)OC(C)(Cl)CCl. The molecule has 1 unspecified atom stereocenters. The maximum absolute atomic E-state index is 5.76. The molecule has 0 heterocycles. The molecule has 0 radical (unpaired) electrons. The highest BCUT2D eigenvalue weighted by molar-refractivity contribution is 6.29. The van der Waals surface area contributed by atoms with Gasteiger partial charge in [0.1, 0.15) is 0 Å². The van der Waals surface area contributed by atoms with Crippen LogP contribution in [0.15, 0.2) is 0 Å². The lowest BCUT2D eigenvalue weighted by Crippen LogP contribution is -2.26. The smallest absolute Gasteiger partial charge is 0.152 e. The molecule has 56 valence electrons. The van der Waals surface area contributed by atoms with E-state index >= 15 is 0 Å². The Labute approximate surface area is 66.3 Å². The highest BCUT2D eigenvalue weighted by Gasteiger charge is 2.20. The molecular weight excluding hydrogens is 159 g/mol. The van der Waals surface area contributed by atoms with Crippen molar-refractivity contribution in [3.63, 3.8) is 0 Å². The van der Waals surface area contributed by atoms with Crippen molar-refractivity contribution in [2.75, 3.05) is 5.88 Å². The lowest BCUT2D eigenvalue weighted by Gasteiger charge is -2.22. The van der Waals surface area contributed by atoms with Gasteiger partial charge in [-0.1, -0.05) is 11.6 Å². The van der Waals surface area contributed by atoms with Gasteiger partial charge in [0.2, 0.25) is 0 Å². The monoisotopic (exact) mass is 170 g/mol. The highest BCUT2D eigenvalue weighted by Crippen LogP contribution is 2.19. The van der Waals surface area contributed by atoms with E-state index in [-0.39, 0.29) is 6.10 Å². The van der Waals surface area contributed by atoms with Crippen molar-refractivity contribution < 1.29 is 4.74 Å². The van der Waals surface area contributed by atoms with E-state index in [1.54, 1.807) is 6.92 Å². The average molecular weight is 171 g/mol. The minimum atomic E-state index is -0.699. The predicted octanol–water partition coefficient (Wildman–Crippen LogP) is 2.61. The summed E-state index contributed by atoms with van der Waals surface area (Å²) in [5, 5.41) is -0.699. The van der Waals surface area contributed by atoms with Crippen LogP contribution in [0.2, 0.25) is 0 Å². The van der Waals surface area contributed by atoms with Crippen molar-refractivity contribution in [1.29, 1.82) is 0 Å². The van der Waals surface area contributed by atoms with Gasteiger partial charge in [-0.15, -0.1) is 11.6 Å². The zero-order valence-electron chi connectivity index (χ0n) is 5.95. The van der Waals surface area contributed by atoms with Gasteiger partial charge in [0, 0.05) is 0 Å². The minimum Gasteiger partial charge on any atom is -0.356 e. The molecule has 0 fully saturated rings. The molecule has 0 aliphatic carbocycles. The largest absolute Gasteiger partial charge is 0.356 e. The summed E-state index contributed by atoms with van der Waals surface area (Å²) in [7, 11) is 0. The molecule has 1 nitrogen and oxygen atoms in total. The fourth-order valence-corrected chi connectivity index (χ4v) is 0.764. The summed E-state index contributed by atoms with van der Waals surface area (Å²) in [6.45, 7) is 5.60. The number of hydrogen-bond donors (Lipinski definition) is 0. The molecular formula is C6H12Cl2O. The maximum Gasteiger partial charge on any atom is 0.152 e. The van der Waals surface area contributed by atoms with Crippen molar-refractivity contribution in [2.45, 2.75) is 31.9 Å². The van der Waals surface area contributed by atoms with E-state index in [4.69, 9.17) is 27.9 Å². The average Bonchev–Trinajstić information content (AvgIpc) is 1.63. The van der Waals surface area contributed by atoms with E-state index in [1.165, 1.54) is 0 Å². The molecule has 0 aliphatic rings. The molecule has 0 amide bonds. The van der Waals surface area contributed by atoms with Gasteiger partial charge in [0.15, 0.2) is 5.06 Å². The summed E-state index contributed by atoms with van der Waals surface area (Å²) in [4.78, 5) is 0. The predicted molar refractivity (Wildman–Crippen MR) is 41.2 cm³/mol. The Balaban J connectivity index is 3.58. The van der Waals surface area contributed by atoms with E-state index in [0.717, 1.165) is 0 Å². The summed E-state index contributed by atoms with van der Waals surface area (Å²) in [5.41, 5.74) is 0. The van der Waals surface area contributed by atoms with E-state index in [0.29, 0.717) is 5.88 Å². The molecule has 0 saturated heterocycles. The first-order chi connectivity index (χ1) is 3.98. The van der Waals surface area contributed by atoms with Gasteiger partial charge in [-0.25, -0.2) is 0 Å². The summed E-state index contributed by atoms with van der Waals surface area (Å²) in [6.07, 6.45) is 0.131. The minimum absolute atomic E-state index is 0.131. The van der Waals surface area contributed by atoms with Crippen molar-refractivity contribution in [1.82, 2.24) is 0 Å². The quantitative estimate of drug-likeness (QED) is 0.593. The van der Waals surface area contributed by atoms with Crippen molar-refractivity contribution in [3.05, 3.63) is 0 Å². The van der Waals surface area contributed by atoms with Gasteiger partial charge in [0.05, 0.1) is 12.0 Å². The summed E-state index contributed by atoms with van der Waals surface area (Å²) in [5.74, 6) is 0.312. The summed E-state index contributed by atoms with van der Waals surface area (Å²) < 4.78 is 5.22. The standard InChI is InChI=1S/C6H12Cl2O/c1-5(2)9-6(3,8)4-7/h5H,4H2,1-3H3. The van der Waals surface area contributed by atoms with Crippen LogP contribution in [0, 0.1) is 0 Å². The lowest BCUT2D eigenvalue weighted by atomic mass is 10.4. The summed E-state index contributed by atoms with van der Waals surface area (Å²) >= 11 is 11.2. The van der Waals surface area contributed by atoms with E-state index in [1.807, 2.05) is 13.8 Å². The van der Waals surface area contributed by atoms with Gasteiger partial charge in [-0.3, -0.25) is 0 Å².